The fraction of sp³-hybridized carbons (Fsp3) is 0.188. The van der Waals surface area contributed by atoms with E-state index in [1.165, 1.54) is 0 Å². The number of benzene rings is 1. The molecule has 0 unspecified atom stereocenters. The number of pyridine rings is 1. The van der Waals surface area contributed by atoms with Gasteiger partial charge in [0, 0.05) is 49.4 Å². The van der Waals surface area contributed by atoms with E-state index in [2.05, 4.69) is 9.97 Å². The number of imidazole rings is 1. The van der Waals surface area contributed by atoms with Crippen molar-refractivity contribution in [2.45, 2.75) is 12.8 Å². The molecule has 0 saturated heterocycles. The summed E-state index contributed by atoms with van der Waals surface area (Å²) in [7, 11) is 1.94. The molecule has 3 rings (SSSR count). The molecule has 0 saturated carbocycles. The van der Waals surface area contributed by atoms with Gasteiger partial charge in [-0.3, -0.25) is 9.78 Å². The number of nitrogens with zero attached hydrogens (tertiary/aromatic N) is 3. The summed E-state index contributed by atoms with van der Waals surface area (Å²) in [6.07, 6.45) is 6.44. The molecule has 0 atom stereocenters. The Morgan fingerprint density at radius 2 is 2.00 bits per heavy atom. The van der Waals surface area contributed by atoms with Crippen LogP contribution in [0.3, 0.4) is 0 Å². The fourth-order valence-electron chi connectivity index (χ4n) is 2.34. The minimum Gasteiger partial charge on any atom is -0.338 e. The molecule has 2 aromatic heterocycles. The number of ketones is 1. The molecule has 0 N–H and O–H groups in total. The van der Waals surface area contributed by atoms with Gasteiger partial charge in [0.1, 0.15) is 5.82 Å². The Hall–Kier alpha value is -2.49. The van der Waals surface area contributed by atoms with E-state index in [0.717, 1.165) is 22.3 Å². The third-order valence-corrected chi connectivity index (χ3v) is 3.45. The van der Waals surface area contributed by atoms with Gasteiger partial charge in [-0.1, -0.05) is 18.2 Å². The summed E-state index contributed by atoms with van der Waals surface area (Å²) in [6, 6.07) is 9.52. The average molecular weight is 265 g/mol. The smallest absolute Gasteiger partial charge is 0.164 e. The molecule has 0 aliphatic heterocycles. The zero-order valence-electron chi connectivity index (χ0n) is 11.3. The number of hydrogen-bond donors (Lipinski definition) is 0. The molecule has 0 fully saturated rings. The van der Waals surface area contributed by atoms with Crippen LogP contribution in [0.2, 0.25) is 0 Å². The highest BCUT2D eigenvalue weighted by Gasteiger charge is 2.11. The standard InChI is InChI=1S/C16H15N3O/c1-19-11-10-18-16(19)7-6-15(20)13-8-9-17-14-5-3-2-4-12(13)14/h2-5,8-11H,6-7H2,1H3. The molecular weight excluding hydrogens is 250 g/mol. The van der Waals surface area contributed by atoms with E-state index in [1.807, 2.05) is 42.1 Å². The predicted molar refractivity (Wildman–Crippen MR) is 77.6 cm³/mol. The van der Waals surface area contributed by atoms with E-state index in [0.29, 0.717) is 12.8 Å². The molecule has 0 aliphatic rings. The summed E-state index contributed by atoms with van der Waals surface area (Å²) < 4.78 is 1.94. The van der Waals surface area contributed by atoms with E-state index in [-0.39, 0.29) is 5.78 Å². The van der Waals surface area contributed by atoms with Crippen LogP contribution in [0, 0.1) is 0 Å². The quantitative estimate of drug-likeness (QED) is 0.681. The Morgan fingerprint density at radius 3 is 2.80 bits per heavy atom. The SMILES string of the molecule is Cn1ccnc1CCC(=O)c1ccnc2ccccc12. The van der Waals surface area contributed by atoms with Crippen LogP contribution in [0.4, 0.5) is 0 Å². The number of Topliss-reactive ketones (excluding diaryl/α,β-unsaturated/α-hetero) is 1. The van der Waals surface area contributed by atoms with Gasteiger partial charge in [0.15, 0.2) is 5.78 Å². The molecule has 0 aliphatic carbocycles. The summed E-state index contributed by atoms with van der Waals surface area (Å²) >= 11 is 0. The first-order chi connectivity index (χ1) is 9.75. The zero-order valence-corrected chi connectivity index (χ0v) is 11.3. The molecule has 0 radical (unpaired) electrons. The third-order valence-electron chi connectivity index (χ3n) is 3.45. The summed E-state index contributed by atoms with van der Waals surface area (Å²) in [6.45, 7) is 0. The highest BCUT2D eigenvalue weighted by Crippen LogP contribution is 2.18. The number of aromatic nitrogens is 3. The molecular formula is C16H15N3O. The van der Waals surface area contributed by atoms with Gasteiger partial charge in [0.2, 0.25) is 0 Å². The number of fused-ring (bicyclic) bond motifs is 1. The maximum absolute atomic E-state index is 12.4. The number of aryl methyl sites for hydroxylation is 2. The van der Waals surface area contributed by atoms with Gasteiger partial charge in [-0.15, -0.1) is 0 Å². The largest absolute Gasteiger partial charge is 0.338 e. The van der Waals surface area contributed by atoms with E-state index >= 15 is 0 Å². The molecule has 0 spiro atoms. The first kappa shape index (κ1) is 12.5. The van der Waals surface area contributed by atoms with E-state index in [1.54, 1.807) is 18.5 Å². The summed E-state index contributed by atoms with van der Waals surface area (Å²) in [5.74, 6) is 1.06. The second-order valence-corrected chi connectivity index (χ2v) is 4.75. The van der Waals surface area contributed by atoms with Gasteiger partial charge in [-0.05, 0) is 12.1 Å². The van der Waals surface area contributed by atoms with Crippen molar-refractivity contribution in [3.05, 3.63) is 60.3 Å². The van der Waals surface area contributed by atoms with Crippen LogP contribution in [0.5, 0.6) is 0 Å². The lowest BCUT2D eigenvalue weighted by Gasteiger charge is -2.05. The molecule has 100 valence electrons. The van der Waals surface area contributed by atoms with Crippen LogP contribution in [0.1, 0.15) is 22.6 Å². The Balaban J connectivity index is 1.84. The van der Waals surface area contributed by atoms with Crippen LogP contribution < -0.4 is 0 Å². The van der Waals surface area contributed by atoms with Gasteiger partial charge in [0.25, 0.3) is 0 Å². The molecule has 0 bridgehead atoms. The summed E-state index contributed by atoms with van der Waals surface area (Å²) in [5, 5.41) is 0.917. The molecule has 4 nitrogen and oxygen atoms in total. The normalized spacial score (nSPS) is 10.8. The van der Waals surface area contributed by atoms with E-state index in [4.69, 9.17) is 0 Å². The fourth-order valence-corrected chi connectivity index (χ4v) is 2.34. The maximum atomic E-state index is 12.4. The Labute approximate surface area is 117 Å². The van der Waals surface area contributed by atoms with Crippen molar-refractivity contribution < 1.29 is 4.79 Å². The Morgan fingerprint density at radius 1 is 1.15 bits per heavy atom. The third kappa shape index (κ3) is 2.32. The van der Waals surface area contributed by atoms with Gasteiger partial charge in [-0.25, -0.2) is 4.98 Å². The van der Waals surface area contributed by atoms with Crippen molar-refractivity contribution in [3.63, 3.8) is 0 Å². The second-order valence-electron chi connectivity index (χ2n) is 4.75. The van der Waals surface area contributed by atoms with Gasteiger partial charge in [-0.2, -0.15) is 0 Å². The summed E-state index contributed by atoms with van der Waals surface area (Å²) in [5.41, 5.74) is 1.60. The number of carbonyl (C=O) groups is 1. The minimum absolute atomic E-state index is 0.131. The highest BCUT2D eigenvalue weighted by molar-refractivity contribution is 6.07. The van der Waals surface area contributed by atoms with Crippen LogP contribution in [-0.4, -0.2) is 20.3 Å². The molecule has 2 heterocycles. The van der Waals surface area contributed by atoms with Gasteiger partial charge in [0.05, 0.1) is 5.52 Å². The highest BCUT2D eigenvalue weighted by atomic mass is 16.1. The average Bonchev–Trinajstić information content (AvgIpc) is 2.89. The Kier molecular flexibility index (Phi) is 3.29. The number of hydrogen-bond acceptors (Lipinski definition) is 3. The van der Waals surface area contributed by atoms with Gasteiger partial charge >= 0.3 is 0 Å². The number of para-hydroxylation sites is 1. The lowest BCUT2D eigenvalue weighted by Crippen LogP contribution is -2.05. The van der Waals surface area contributed by atoms with Crippen LogP contribution in [-0.2, 0) is 13.5 Å². The maximum Gasteiger partial charge on any atom is 0.164 e. The topological polar surface area (TPSA) is 47.8 Å². The number of rotatable bonds is 4. The molecule has 3 aromatic rings. The minimum atomic E-state index is 0.131. The lowest BCUT2D eigenvalue weighted by atomic mass is 10.0. The molecule has 0 amide bonds. The molecule has 1 aromatic carbocycles. The predicted octanol–water partition coefficient (Wildman–Crippen LogP) is 2.78. The van der Waals surface area contributed by atoms with E-state index in [9.17, 15) is 4.79 Å². The zero-order chi connectivity index (χ0) is 13.9. The first-order valence-corrected chi connectivity index (χ1v) is 6.59. The van der Waals surface area contributed by atoms with Crippen molar-refractivity contribution >= 4 is 16.7 Å². The molecule has 4 heteroatoms. The molecule has 20 heavy (non-hydrogen) atoms. The first-order valence-electron chi connectivity index (χ1n) is 6.59. The monoisotopic (exact) mass is 265 g/mol. The van der Waals surface area contributed by atoms with Crippen molar-refractivity contribution in [2.75, 3.05) is 0 Å². The van der Waals surface area contributed by atoms with Crippen LogP contribution in [0.25, 0.3) is 10.9 Å². The van der Waals surface area contributed by atoms with E-state index < -0.39 is 0 Å². The van der Waals surface area contributed by atoms with Crippen molar-refractivity contribution in [1.82, 2.24) is 14.5 Å². The van der Waals surface area contributed by atoms with Crippen LogP contribution >= 0.6 is 0 Å². The number of carbonyl (C=O) groups excluding carboxylic acids is 1. The van der Waals surface area contributed by atoms with Gasteiger partial charge < -0.3 is 4.57 Å². The van der Waals surface area contributed by atoms with Crippen LogP contribution in [0.15, 0.2) is 48.9 Å². The van der Waals surface area contributed by atoms with Crippen molar-refractivity contribution in [1.29, 1.82) is 0 Å². The summed E-state index contributed by atoms with van der Waals surface area (Å²) in [4.78, 5) is 20.9. The van der Waals surface area contributed by atoms with Crippen molar-refractivity contribution in [3.8, 4) is 0 Å². The second kappa shape index (κ2) is 5.25. The van der Waals surface area contributed by atoms with Crippen molar-refractivity contribution in [2.24, 2.45) is 7.05 Å². The Bertz CT molecular complexity index is 756. The lowest BCUT2D eigenvalue weighted by molar-refractivity contribution is 0.0983.